The highest BCUT2D eigenvalue weighted by atomic mass is 16.7. The summed E-state index contributed by atoms with van der Waals surface area (Å²) < 4.78 is 15.7. The second-order valence-corrected chi connectivity index (χ2v) is 6.87. The highest BCUT2D eigenvalue weighted by Gasteiger charge is 2.32. The van der Waals surface area contributed by atoms with E-state index in [1.54, 1.807) is 0 Å². The number of carbonyl (C=O) groups is 1. The van der Waals surface area contributed by atoms with E-state index in [2.05, 4.69) is 10.1 Å². The molecule has 2 aliphatic heterocycles. The van der Waals surface area contributed by atoms with Crippen LogP contribution in [-0.4, -0.2) is 59.8 Å². The van der Waals surface area contributed by atoms with Crippen molar-refractivity contribution in [1.82, 2.24) is 19.9 Å². The topological polar surface area (TPSA) is 80.9 Å². The minimum absolute atomic E-state index is 0.0976. The van der Waals surface area contributed by atoms with Crippen LogP contribution in [0.3, 0.4) is 0 Å². The molecule has 1 aromatic carbocycles. The number of likely N-dealkylation sites (tertiary alicyclic amines) is 1. The van der Waals surface area contributed by atoms with Gasteiger partial charge in [-0.2, -0.15) is 4.98 Å². The molecule has 1 amide bonds. The third kappa shape index (κ3) is 3.12. The second-order valence-electron chi connectivity index (χ2n) is 6.87. The van der Waals surface area contributed by atoms with Crippen LogP contribution in [-0.2, 0) is 4.79 Å². The minimum atomic E-state index is -0.355. The van der Waals surface area contributed by atoms with Crippen molar-refractivity contribution in [1.29, 1.82) is 0 Å². The monoisotopic (exact) mass is 358 g/mol. The molecule has 2 aliphatic rings. The molecule has 1 unspecified atom stereocenters. The molecule has 138 valence electrons. The van der Waals surface area contributed by atoms with E-state index in [1.807, 2.05) is 42.1 Å². The standard InChI is InChI=1S/C18H22N4O4/c1-21(2)16(13-3-4-14-15(9-13)25-11-24-14)18(23)22-7-5-12(6-8-22)17-19-10-26-20-17/h3-4,9-10,12,16H,5-8,11H2,1-2H3. The Balaban J connectivity index is 1.48. The number of likely N-dealkylation sites (N-methyl/N-ethyl adjacent to an activating group) is 1. The number of rotatable bonds is 4. The zero-order valence-electron chi connectivity index (χ0n) is 14.9. The average molecular weight is 358 g/mol. The average Bonchev–Trinajstić information content (AvgIpc) is 3.33. The fourth-order valence-corrected chi connectivity index (χ4v) is 3.63. The number of benzene rings is 1. The van der Waals surface area contributed by atoms with E-state index in [-0.39, 0.29) is 24.7 Å². The first-order valence-corrected chi connectivity index (χ1v) is 8.74. The lowest BCUT2D eigenvalue weighted by Gasteiger charge is -2.35. The Labute approximate surface area is 151 Å². The summed E-state index contributed by atoms with van der Waals surface area (Å²) in [7, 11) is 3.83. The number of aromatic nitrogens is 2. The van der Waals surface area contributed by atoms with Crippen LogP contribution in [0.25, 0.3) is 0 Å². The van der Waals surface area contributed by atoms with Gasteiger partial charge in [-0.3, -0.25) is 9.69 Å². The summed E-state index contributed by atoms with van der Waals surface area (Å²) in [6, 6.07) is 5.34. The van der Waals surface area contributed by atoms with E-state index < -0.39 is 0 Å². The van der Waals surface area contributed by atoms with Crippen molar-refractivity contribution in [3.63, 3.8) is 0 Å². The first kappa shape index (κ1) is 16.8. The van der Waals surface area contributed by atoms with Crippen molar-refractivity contribution in [2.75, 3.05) is 34.0 Å². The number of hydrogen-bond donors (Lipinski definition) is 0. The first-order valence-electron chi connectivity index (χ1n) is 8.74. The normalized spacial score (nSPS) is 18.3. The van der Waals surface area contributed by atoms with Crippen LogP contribution in [0.2, 0.25) is 0 Å². The molecule has 1 atom stereocenters. The molecular formula is C18H22N4O4. The van der Waals surface area contributed by atoms with Crippen LogP contribution >= 0.6 is 0 Å². The maximum atomic E-state index is 13.2. The van der Waals surface area contributed by atoms with Gasteiger partial charge in [0.05, 0.1) is 0 Å². The number of ether oxygens (including phenoxy) is 2. The van der Waals surface area contributed by atoms with Crippen LogP contribution in [0.5, 0.6) is 11.5 Å². The molecule has 1 fully saturated rings. The van der Waals surface area contributed by atoms with Gasteiger partial charge in [-0.1, -0.05) is 11.2 Å². The third-order valence-electron chi connectivity index (χ3n) is 5.01. The molecule has 8 heteroatoms. The third-order valence-corrected chi connectivity index (χ3v) is 5.01. The fraction of sp³-hybridized carbons (Fsp3) is 0.500. The molecule has 1 aromatic heterocycles. The van der Waals surface area contributed by atoms with E-state index in [1.165, 1.54) is 6.39 Å². The van der Waals surface area contributed by atoms with Crippen LogP contribution in [0.1, 0.15) is 36.2 Å². The van der Waals surface area contributed by atoms with Crippen LogP contribution in [0, 0.1) is 0 Å². The molecule has 0 aliphatic carbocycles. The Kier molecular flexibility index (Phi) is 4.50. The van der Waals surface area contributed by atoms with Gasteiger partial charge in [0.1, 0.15) is 6.04 Å². The number of fused-ring (bicyclic) bond motifs is 1. The van der Waals surface area contributed by atoms with Gasteiger partial charge in [0.15, 0.2) is 17.3 Å². The fourth-order valence-electron chi connectivity index (χ4n) is 3.63. The largest absolute Gasteiger partial charge is 0.454 e. The quantitative estimate of drug-likeness (QED) is 0.824. The van der Waals surface area contributed by atoms with Crippen LogP contribution < -0.4 is 9.47 Å². The summed E-state index contributed by atoms with van der Waals surface area (Å²) in [4.78, 5) is 21.2. The van der Waals surface area contributed by atoms with Gasteiger partial charge in [-0.15, -0.1) is 0 Å². The number of hydrogen-bond acceptors (Lipinski definition) is 7. The molecule has 0 saturated carbocycles. The van der Waals surface area contributed by atoms with Crippen molar-refractivity contribution in [2.24, 2.45) is 0 Å². The smallest absolute Gasteiger partial charge is 0.244 e. The van der Waals surface area contributed by atoms with E-state index in [9.17, 15) is 4.79 Å². The zero-order chi connectivity index (χ0) is 18.1. The van der Waals surface area contributed by atoms with Crippen molar-refractivity contribution in [2.45, 2.75) is 24.8 Å². The summed E-state index contributed by atoms with van der Waals surface area (Å²) in [5, 5.41) is 3.93. The summed E-state index contributed by atoms with van der Waals surface area (Å²) in [5.41, 5.74) is 0.907. The highest BCUT2D eigenvalue weighted by molar-refractivity contribution is 5.83. The zero-order valence-corrected chi connectivity index (χ0v) is 14.9. The molecule has 8 nitrogen and oxygen atoms in total. The van der Waals surface area contributed by atoms with E-state index in [0.717, 1.165) is 30.0 Å². The lowest BCUT2D eigenvalue weighted by molar-refractivity contribution is -0.137. The molecule has 0 radical (unpaired) electrons. The van der Waals surface area contributed by atoms with E-state index >= 15 is 0 Å². The SMILES string of the molecule is CN(C)C(C(=O)N1CCC(c2ncon2)CC1)c1ccc2c(c1)OCO2. The van der Waals surface area contributed by atoms with Crippen LogP contribution in [0.15, 0.2) is 29.1 Å². The molecule has 2 aromatic rings. The summed E-state index contributed by atoms with van der Waals surface area (Å²) in [6.07, 6.45) is 3.04. The maximum absolute atomic E-state index is 13.2. The van der Waals surface area contributed by atoms with E-state index in [0.29, 0.717) is 18.8 Å². The molecule has 26 heavy (non-hydrogen) atoms. The van der Waals surface area contributed by atoms with Crippen molar-refractivity contribution < 1.29 is 18.8 Å². The first-order chi connectivity index (χ1) is 12.6. The van der Waals surface area contributed by atoms with Crippen molar-refractivity contribution in [3.05, 3.63) is 36.0 Å². The number of piperidine rings is 1. The Morgan fingerprint density at radius 1 is 1.23 bits per heavy atom. The number of carbonyl (C=O) groups excluding carboxylic acids is 1. The van der Waals surface area contributed by atoms with Gasteiger partial charge in [0.2, 0.25) is 19.1 Å². The molecular weight excluding hydrogens is 336 g/mol. The van der Waals surface area contributed by atoms with Crippen LogP contribution in [0.4, 0.5) is 0 Å². The Morgan fingerprint density at radius 3 is 2.69 bits per heavy atom. The van der Waals surface area contributed by atoms with Gasteiger partial charge < -0.3 is 18.9 Å². The second kappa shape index (κ2) is 6.95. The van der Waals surface area contributed by atoms with Gasteiger partial charge in [0, 0.05) is 19.0 Å². The predicted octanol–water partition coefficient (Wildman–Crippen LogP) is 1.81. The van der Waals surface area contributed by atoms with E-state index in [4.69, 9.17) is 14.0 Å². The number of amides is 1. The van der Waals surface area contributed by atoms with Gasteiger partial charge in [-0.25, -0.2) is 0 Å². The Hall–Kier alpha value is -2.61. The molecule has 1 saturated heterocycles. The molecule has 0 spiro atoms. The Morgan fingerprint density at radius 2 is 2.00 bits per heavy atom. The predicted molar refractivity (Wildman–Crippen MR) is 91.8 cm³/mol. The summed E-state index contributed by atoms with van der Waals surface area (Å²) in [6.45, 7) is 1.60. The van der Waals surface area contributed by atoms with Crippen molar-refractivity contribution in [3.8, 4) is 11.5 Å². The van der Waals surface area contributed by atoms with Gasteiger partial charge >= 0.3 is 0 Å². The summed E-state index contributed by atoms with van der Waals surface area (Å²) in [5.74, 6) is 2.50. The summed E-state index contributed by atoms with van der Waals surface area (Å²) >= 11 is 0. The Bertz CT molecular complexity index is 770. The van der Waals surface area contributed by atoms with Gasteiger partial charge in [-0.05, 0) is 44.6 Å². The molecule has 0 N–H and O–H groups in total. The van der Waals surface area contributed by atoms with Crippen molar-refractivity contribution >= 4 is 5.91 Å². The lowest BCUT2D eigenvalue weighted by atomic mass is 9.95. The maximum Gasteiger partial charge on any atom is 0.244 e. The minimum Gasteiger partial charge on any atom is -0.454 e. The molecule has 4 rings (SSSR count). The highest BCUT2D eigenvalue weighted by Crippen LogP contribution is 2.36. The number of nitrogens with zero attached hydrogens (tertiary/aromatic N) is 4. The van der Waals surface area contributed by atoms with Gasteiger partial charge in [0.25, 0.3) is 0 Å². The molecule has 3 heterocycles. The molecule has 0 bridgehead atoms. The lowest BCUT2D eigenvalue weighted by Crippen LogP contribution is -2.44.